The fourth-order valence-corrected chi connectivity index (χ4v) is 1.81. The average molecular weight is 298 g/mol. The molecule has 5 nitrogen and oxygen atoms in total. The Morgan fingerprint density at radius 1 is 1.47 bits per heavy atom. The van der Waals surface area contributed by atoms with Crippen LogP contribution in [0.2, 0.25) is 0 Å². The number of benzene rings is 1. The van der Waals surface area contributed by atoms with E-state index in [1.807, 2.05) is 0 Å². The maximum atomic E-state index is 10.7. The van der Waals surface area contributed by atoms with Gasteiger partial charge in [0, 0.05) is 10.5 Å². The molecule has 1 aromatic heterocycles. The number of nitrogens with zero attached hydrogens (tertiary/aromatic N) is 1. The molecule has 1 heterocycles. The van der Waals surface area contributed by atoms with Gasteiger partial charge in [0.25, 0.3) is 0 Å². The van der Waals surface area contributed by atoms with Gasteiger partial charge in [-0.15, -0.1) is 0 Å². The molecule has 0 aliphatic heterocycles. The smallest absolute Gasteiger partial charge is 0.358 e. The molecule has 2 aromatic rings. The number of phenolic OH excluding ortho intramolecular Hbond substituents is 1. The van der Waals surface area contributed by atoms with Crippen LogP contribution in [0.1, 0.15) is 16.1 Å². The number of aromatic carboxylic acids is 1. The summed E-state index contributed by atoms with van der Waals surface area (Å²) in [4.78, 5) is 10.7. The van der Waals surface area contributed by atoms with Gasteiger partial charge >= 0.3 is 5.97 Å². The van der Waals surface area contributed by atoms with Crippen molar-refractivity contribution in [1.29, 1.82) is 0 Å². The van der Waals surface area contributed by atoms with Crippen LogP contribution in [0.25, 0.3) is 11.3 Å². The quantitative estimate of drug-likeness (QED) is 0.890. The third-order valence-electron chi connectivity index (χ3n) is 2.35. The van der Waals surface area contributed by atoms with Crippen molar-refractivity contribution in [2.24, 2.45) is 0 Å². The molecule has 0 saturated heterocycles. The monoisotopic (exact) mass is 297 g/mol. The second-order valence-electron chi connectivity index (χ2n) is 3.45. The van der Waals surface area contributed by atoms with Crippen molar-refractivity contribution < 1.29 is 19.5 Å². The number of hydrogen-bond donors (Lipinski definition) is 2. The van der Waals surface area contributed by atoms with Crippen LogP contribution < -0.4 is 0 Å². The predicted octanol–water partition coefficient (Wildman–Crippen LogP) is 2.82. The zero-order chi connectivity index (χ0) is 12.6. The highest BCUT2D eigenvalue weighted by molar-refractivity contribution is 9.10. The van der Waals surface area contributed by atoms with Gasteiger partial charge in [-0.1, -0.05) is 21.1 Å². The standard InChI is InChI=1S/C11H8BrNO4/c1-5-6(12)2-3-8(14)10(5)9-4-7(11(15)16)13-17-9/h2-4,14H,1H3,(H,15,16). The first kappa shape index (κ1) is 11.7. The second kappa shape index (κ2) is 4.21. The van der Waals surface area contributed by atoms with E-state index in [1.54, 1.807) is 13.0 Å². The van der Waals surface area contributed by atoms with Gasteiger partial charge in [0.15, 0.2) is 11.5 Å². The molecule has 0 aliphatic carbocycles. The Morgan fingerprint density at radius 3 is 2.76 bits per heavy atom. The summed E-state index contributed by atoms with van der Waals surface area (Å²) in [6.45, 7) is 1.78. The maximum Gasteiger partial charge on any atom is 0.358 e. The molecule has 2 N–H and O–H groups in total. The summed E-state index contributed by atoms with van der Waals surface area (Å²) in [5, 5.41) is 21.9. The number of carboxylic acids is 1. The summed E-state index contributed by atoms with van der Waals surface area (Å²) in [5.74, 6) is -0.940. The van der Waals surface area contributed by atoms with E-state index in [9.17, 15) is 9.90 Å². The van der Waals surface area contributed by atoms with Crippen molar-refractivity contribution in [3.8, 4) is 17.1 Å². The van der Waals surface area contributed by atoms with Crippen LogP contribution >= 0.6 is 15.9 Å². The molecular weight excluding hydrogens is 290 g/mol. The molecular formula is C11H8BrNO4. The summed E-state index contributed by atoms with van der Waals surface area (Å²) < 4.78 is 5.71. The zero-order valence-electron chi connectivity index (χ0n) is 8.77. The minimum atomic E-state index is -1.17. The molecule has 0 unspecified atom stereocenters. The van der Waals surface area contributed by atoms with E-state index in [0.29, 0.717) is 5.56 Å². The van der Waals surface area contributed by atoms with Crippen LogP contribution in [0.4, 0.5) is 0 Å². The van der Waals surface area contributed by atoms with Crippen LogP contribution in [0.3, 0.4) is 0 Å². The van der Waals surface area contributed by atoms with E-state index >= 15 is 0 Å². The van der Waals surface area contributed by atoms with Gasteiger partial charge < -0.3 is 14.7 Å². The van der Waals surface area contributed by atoms with Crippen LogP contribution in [0.15, 0.2) is 27.2 Å². The number of carbonyl (C=O) groups is 1. The summed E-state index contributed by atoms with van der Waals surface area (Å²) in [5.41, 5.74) is 0.983. The number of aromatic nitrogens is 1. The Morgan fingerprint density at radius 2 is 2.18 bits per heavy atom. The maximum absolute atomic E-state index is 10.7. The van der Waals surface area contributed by atoms with Gasteiger partial charge in [-0.3, -0.25) is 0 Å². The van der Waals surface area contributed by atoms with Crippen molar-refractivity contribution in [3.05, 3.63) is 33.9 Å². The fraction of sp³-hybridized carbons (Fsp3) is 0.0909. The topological polar surface area (TPSA) is 83.6 Å². The molecule has 0 fully saturated rings. The number of halogens is 1. The first-order valence-electron chi connectivity index (χ1n) is 4.69. The lowest BCUT2D eigenvalue weighted by Gasteiger charge is -2.06. The van der Waals surface area contributed by atoms with Gasteiger partial charge in [-0.25, -0.2) is 4.79 Å². The van der Waals surface area contributed by atoms with Crippen molar-refractivity contribution in [2.45, 2.75) is 6.92 Å². The highest BCUT2D eigenvalue weighted by Crippen LogP contribution is 2.36. The first-order chi connectivity index (χ1) is 8.00. The zero-order valence-corrected chi connectivity index (χ0v) is 10.4. The third-order valence-corrected chi connectivity index (χ3v) is 3.21. The van der Waals surface area contributed by atoms with Gasteiger partial charge in [0.05, 0.1) is 5.56 Å². The van der Waals surface area contributed by atoms with E-state index in [2.05, 4.69) is 21.1 Å². The first-order valence-corrected chi connectivity index (χ1v) is 5.48. The predicted molar refractivity (Wildman–Crippen MR) is 63.0 cm³/mol. The Balaban J connectivity index is 2.60. The lowest BCUT2D eigenvalue weighted by molar-refractivity contribution is 0.0686. The lowest BCUT2D eigenvalue weighted by Crippen LogP contribution is -1.94. The normalized spacial score (nSPS) is 10.5. The number of aromatic hydroxyl groups is 1. The molecule has 0 spiro atoms. The molecule has 0 atom stereocenters. The molecule has 2 rings (SSSR count). The van der Waals surface area contributed by atoms with Crippen LogP contribution in [-0.4, -0.2) is 21.3 Å². The minimum Gasteiger partial charge on any atom is -0.507 e. The van der Waals surface area contributed by atoms with Crippen LogP contribution in [0, 0.1) is 6.92 Å². The number of rotatable bonds is 2. The molecule has 88 valence electrons. The molecule has 17 heavy (non-hydrogen) atoms. The van der Waals surface area contributed by atoms with E-state index in [4.69, 9.17) is 9.63 Å². The Hall–Kier alpha value is -1.82. The summed E-state index contributed by atoms with van der Waals surface area (Å²) >= 11 is 3.32. The van der Waals surface area contributed by atoms with Crippen LogP contribution in [0.5, 0.6) is 5.75 Å². The fourth-order valence-electron chi connectivity index (χ4n) is 1.48. The van der Waals surface area contributed by atoms with Gasteiger partial charge in [0.2, 0.25) is 0 Å². The molecule has 0 bridgehead atoms. The molecule has 0 saturated carbocycles. The Labute approximate surface area is 105 Å². The SMILES string of the molecule is Cc1c(Br)ccc(O)c1-c1cc(C(=O)O)no1. The lowest BCUT2D eigenvalue weighted by atomic mass is 10.1. The Bertz CT molecular complexity index is 591. The second-order valence-corrected chi connectivity index (χ2v) is 4.30. The average Bonchev–Trinajstić information content (AvgIpc) is 2.73. The van der Waals surface area contributed by atoms with Crippen molar-refractivity contribution >= 4 is 21.9 Å². The van der Waals surface area contributed by atoms with E-state index < -0.39 is 5.97 Å². The Kier molecular flexibility index (Phi) is 2.89. The molecule has 0 aliphatic rings. The van der Waals surface area contributed by atoms with Gasteiger partial charge in [0.1, 0.15) is 5.75 Å². The highest BCUT2D eigenvalue weighted by atomic mass is 79.9. The third kappa shape index (κ3) is 2.03. The largest absolute Gasteiger partial charge is 0.507 e. The summed E-state index contributed by atoms with van der Waals surface area (Å²) in [7, 11) is 0. The molecule has 6 heteroatoms. The summed E-state index contributed by atoms with van der Waals surface area (Å²) in [6.07, 6.45) is 0. The summed E-state index contributed by atoms with van der Waals surface area (Å²) in [6, 6.07) is 4.47. The van der Waals surface area contributed by atoms with Crippen molar-refractivity contribution in [3.63, 3.8) is 0 Å². The van der Waals surface area contributed by atoms with Gasteiger partial charge in [-0.05, 0) is 24.6 Å². The number of hydrogen-bond acceptors (Lipinski definition) is 4. The van der Waals surface area contributed by atoms with Crippen LogP contribution in [-0.2, 0) is 0 Å². The molecule has 0 amide bonds. The van der Waals surface area contributed by atoms with E-state index in [1.165, 1.54) is 12.1 Å². The highest BCUT2D eigenvalue weighted by Gasteiger charge is 2.17. The number of phenols is 1. The van der Waals surface area contributed by atoms with Crippen molar-refractivity contribution in [1.82, 2.24) is 5.16 Å². The molecule has 0 radical (unpaired) electrons. The van der Waals surface area contributed by atoms with E-state index in [0.717, 1.165) is 10.0 Å². The number of carboxylic acid groups (broad SMARTS) is 1. The van der Waals surface area contributed by atoms with Gasteiger partial charge in [-0.2, -0.15) is 0 Å². The minimum absolute atomic E-state index is 0.0128. The molecule has 1 aromatic carbocycles. The van der Waals surface area contributed by atoms with E-state index in [-0.39, 0.29) is 17.2 Å². The van der Waals surface area contributed by atoms with Crippen molar-refractivity contribution in [2.75, 3.05) is 0 Å².